The number of nitrogens with one attached hydrogen (secondary N) is 2. The molecular formula is C15H14N4O3. The first-order valence-electron chi connectivity index (χ1n) is 6.77. The van der Waals surface area contributed by atoms with Crippen molar-refractivity contribution in [1.82, 2.24) is 15.5 Å². The predicted molar refractivity (Wildman–Crippen MR) is 79.2 cm³/mol. The molecule has 2 aromatic heterocycles. The molecule has 0 unspecified atom stereocenters. The third-order valence-corrected chi connectivity index (χ3v) is 2.92. The number of benzene rings is 1. The van der Waals surface area contributed by atoms with E-state index in [-0.39, 0.29) is 11.9 Å². The Labute approximate surface area is 126 Å². The lowest BCUT2D eigenvalue weighted by Gasteiger charge is -2.04. The molecule has 1 aromatic carbocycles. The van der Waals surface area contributed by atoms with Gasteiger partial charge in [-0.15, -0.1) is 5.10 Å². The number of aromatic nitrogens is 2. The van der Waals surface area contributed by atoms with Crippen molar-refractivity contribution in [1.29, 1.82) is 0 Å². The first-order chi connectivity index (χ1) is 10.8. The first-order valence-corrected chi connectivity index (χ1v) is 6.77. The molecule has 3 rings (SSSR count). The highest BCUT2D eigenvalue weighted by Gasteiger charge is 2.12. The molecular weight excluding hydrogens is 284 g/mol. The Morgan fingerprint density at radius 1 is 1.09 bits per heavy atom. The molecule has 112 valence electrons. The molecule has 0 aliphatic carbocycles. The monoisotopic (exact) mass is 298 g/mol. The molecule has 0 saturated carbocycles. The summed E-state index contributed by atoms with van der Waals surface area (Å²) in [5, 5.41) is 12.7. The van der Waals surface area contributed by atoms with Gasteiger partial charge in [0, 0.05) is 6.54 Å². The summed E-state index contributed by atoms with van der Waals surface area (Å²) in [5.41, 5.74) is 1.15. The maximum Gasteiger partial charge on any atom is 0.324 e. The highest BCUT2D eigenvalue weighted by molar-refractivity contribution is 5.86. The Morgan fingerprint density at radius 3 is 2.73 bits per heavy atom. The van der Waals surface area contributed by atoms with E-state index in [9.17, 15) is 4.79 Å². The summed E-state index contributed by atoms with van der Waals surface area (Å²) in [6, 6.07) is 12.9. The Kier molecular flexibility index (Phi) is 4.15. The first kappa shape index (κ1) is 13.9. The van der Waals surface area contributed by atoms with E-state index in [1.807, 2.05) is 30.3 Å². The molecule has 0 atom stereocenters. The highest BCUT2D eigenvalue weighted by Crippen LogP contribution is 2.19. The lowest BCUT2D eigenvalue weighted by atomic mass is 10.1. The number of hydrogen-bond donors (Lipinski definition) is 2. The molecule has 7 heteroatoms. The van der Waals surface area contributed by atoms with Crippen LogP contribution in [0.2, 0.25) is 0 Å². The fourth-order valence-electron chi connectivity index (χ4n) is 1.88. The Bertz CT molecular complexity index is 722. The standard InChI is InChI=1S/C15H14N4O3/c20-14(16-9-8-11-5-2-1-3-6-11)17-15-19-18-13(22-15)12-7-4-10-21-12/h1-7,10H,8-9H2,(H2,16,17,19,20). The summed E-state index contributed by atoms with van der Waals surface area (Å²) in [5.74, 6) is 0.662. The van der Waals surface area contributed by atoms with Crippen molar-refractivity contribution in [3.63, 3.8) is 0 Å². The second-order valence-corrected chi connectivity index (χ2v) is 4.51. The van der Waals surface area contributed by atoms with Crippen LogP contribution in [0, 0.1) is 0 Å². The summed E-state index contributed by atoms with van der Waals surface area (Å²) in [6.45, 7) is 0.509. The molecule has 0 spiro atoms. The molecule has 2 amide bonds. The minimum atomic E-state index is -0.398. The Balaban J connectivity index is 1.48. The fraction of sp³-hybridized carbons (Fsp3) is 0.133. The third kappa shape index (κ3) is 3.51. The van der Waals surface area contributed by atoms with Crippen molar-refractivity contribution in [3.8, 4) is 11.7 Å². The van der Waals surface area contributed by atoms with Gasteiger partial charge in [0.05, 0.1) is 6.26 Å². The minimum absolute atomic E-state index is 0.0172. The Hall–Kier alpha value is -3.09. The summed E-state index contributed by atoms with van der Waals surface area (Å²) < 4.78 is 10.4. The molecule has 0 fully saturated rings. The number of carbonyl (C=O) groups excluding carboxylic acids is 1. The van der Waals surface area contributed by atoms with E-state index in [0.29, 0.717) is 12.3 Å². The van der Waals surface area contributed by atoms with Crippen LogP contribution < -0.4 is 10.6 Å². The molecule has 2 N–H and O–H groups in total. The number of rotatable bonds is 5. The van der Waals surface area contributed by atoms with E-state index in [4.69, 9.17) is 8.83 Å². The van der Waals surface area contributed by atoms with E-state index >= 15 is 0 Å². The van der Waals surface area contributed by atoms with Crippen LogP contribution in [0.15, 0.2) is 57.6 Å². The smallest absolute Gasteiger partial charge is 0.324 e. The van der Waals surface area contributed by atoms with Gasteiger partial charge in [0.2, 0.25) is 0 Å². The van der Waals surface area contributed by atoms with Crippen LogP contribution in [0.5, 0.6) is 0 Å². The van der Waals surface area contributed by atoms with E-state index in [1.165, 1.54) is 6.26 Å². The third-order valence-electron chi connectivity index (χ3n) is 2.92. The lowest BCUT2D eigenvalue weighted by molar-refractivity contribution is 0.251. The molecule has 0 bridgehead atoms. The molecule has 2 heterocycles. The van der Waals surface area contributed by atoms with Crippen LogP contribution in [0.1, 0.15) is 5.56 Å². The number of nitrogens with zero attached hydrogens (tertiary/aromatic N) is 2. The van der Waals surface area contributed by atoms with Gasteiger partial charge in [-0.2, -0.15) is 0 Å². The number of furan rings is 1. The van der Waals surface area contributed by atoms with Crippen molar-refractivity contribution in [2.75, 3.05) is 11.9 Å². The Morgan fingerprint density at radius 2 is 1.95 bits per heavy atom. The molecule has 22 heavy (non-hydrogen) atoms. The van der Waals surface area contributed by atoms with Crippen LogP contribution in [-0.2, 0) is 6.42 Å². The van der Waals surface area contributed by atoms with Crippen molar-refractivity contribution in [2.45, 2.75) is 6.42 Å². The molecule has 0 aliphatic heterocycles. The number of hydrogen-bond acceptors (Lipinski definition) is 5. The van der Waals surface area contributed by atoms with Crippen LogP contribution >= 0.6 is 0 Å². The van der Waals surface area contributed by atoms with Crippen molar-refractivity contribution in [3.05, 3.63) is 54.3 Å². The molecule has 3 aromatic rings. The molecule has 0 saturated heterocycles. The maximum atomic E-state index is 11.7. The highest BCUT2D eigenvalue weighted by atomic mass is 16.4. The van der Waals surface area contributed by atoms with Gasteiger partial charge in [-0.3, -0.25) is 5.32 Å². The van der Waals surface area contributed by atoms with Gasteiger partial charge in [-0.25, -0.2) is 4.79 Å². The maximum absolute atomic E-state index is 11.7. The van der Waals surface area contributed by atoms with Gasteiger partial charge in [-0.1, -0.05) is 35.4 Å². The minimum Gasteiger partial charge on any atom is -0.459 e. The van der Waals surface area contributed by atoms with E-state index in [0.717, 1.165) is 12.0 Å². The fourth-order valence-corrected chi connectivity index (χ4v) is 1.88. The number of anilines is 1. The summed E-state index contributed by atoms with van der Waals surface area (Å²) in [7, 11) is 0. The van der Waals surface area contributed by atoms with Gasteiger partial charge in [-0.05, 0) is 24.1 Å². The van der Waals surface area contributed by atoms with Crippen LogP contribution in [0.4, 0.5) is 10.8 Å². The largest absolute Gasteiger partial charge is 0.459 e. The number of urea groups is 1. The van der Waals surface area contributed by atoms with Crippen LogP contribution in [-0.4, -0.2) is 22.8 Å². The average Bonchev–Trinajstić information content (AvgIpc) is 3.19. The zero-order chi connectivity index (χ0) is 15.2. The van der Waals surface area contributed by atoms with Crippen LogP contribution in [0.25, 0.3) is 11.7 Å². The summed E-state index contributed by atoms with van der Waals surface area (Å²) in [4.78, 5) is 11.7. The van der Waals surface area contributed by atoms with E-state index < -0.39 is 6.03 Å². The van der Waals surface area contributed by atoms with Crippen LogP contribution in [0.3, 0.4) is 0 Å². The SMILES string of the molecule is O=C(NCCc1ccccc1)Nc1nnc(-c2ccco2)o1. The van der Waals surface area contributed by atoms with Crippen molar-refractivity contribution >= 4 is 12.0 Å². The average molecular weight is 298 g/mol. The molecule has 0 aliphatic rings. The van der Waals surface area contributed by atoms with Gasteiger partial charge >= 0.3 is 12.0 Å². The zero-order valence-corrected chi connectivity index (χ0v) is 11.7. The molecule has 0 radical (unpaired) electrons. The van der Waals surface area contributed by atoms with Gasteiger partial charge in [0.1, 0.15) is 0 Å². The second kappa shape index (κ2) is 6.57. The summed E-state index contributed by atoms with van der Waals surface area (Å²) >= 11 is 0. The quantitative estimate of drug-likeness (QED) is 0.755. The second-order valence-electron chi connectivity index (χ2n) is 4.51. The normalized spacial score (nSPS) is 10.4. The van der Waals surface area contributed by atoms with Gasteiger partial charge in [0.25, 0.3) is 5.89 Å². The van der Waals surface area contributed by atoms with Gasteiger partial charge in [0.15, 0.2) is 5.76 Å². The van der Waals surface area contributed by atoms with Gasteiger partial charge < -0.3 is 14.2 Å². The van der Waals surface area contributed by atoms with E-state index in [1.54, 1.807) is 12.1 Å². The zero-order valence-electron chi connectivity index (χ0n) is 11.7. The predicted octanol–water partition coefficient (Wildman–Crippen LogP) is 2.69. The lowest BCUT2D eigenvalue weighted by Crippen LogP contribution is -2.30. The van der Waals surface area contributed by atoms with Crippen molar-refractivity contribution in [2.24, 2.45) is 0 Å². The number of amides is 2. The van der Waals surface area contributed by atoms with E-state index in [2.05, 4.69) is 20.8 Å². The summed E-state index contributed by atoms with van der Waals surface area (Å²) in [6.07, 6.45) is 2.25. The van der Waals surface area contributed by atoms with Crippen molar-refractivity contribution < 1.29 is 13.6 Å². The number of carbonyl (C=O) groups is 1. The molecule has 7 nitrogen and oxygen atoms in total. The topological polar surface area (TPSA) is 93.2 Å².